The van der Waals surface area contributed by atoms with Gasteiger partial charge in [-0.3, -0.25) is 0 Å². The zero-order valence-electron chi connectivity index (χ0n) is 19.6. The molecule has 0 unspecified atom stereocenters. The molecular formula is C25H36ClNO3S2. The third-order valence-corrected chi connectivity index (χ3v) is 9.27. The van der Waals surface area contributed by atoms with Gasteiger partial charge in [-0.2, -0.15) is 0 Å². The minimum Gasteiger partial charge on any atom is -0.497 e. The largest absolute Gasteiger partial charge is 0.497 e. The van der Waals surface area contributed by atoms with Gasteiger partial charge in [0.15, 0.2) is 11.5 Å². The first-order valence-electron chi connectivity index (χ1n) is 10.9. The van der Waals surface area contributed by atoms with Gasteiger partial charge in [-0.05, 0) is 86.2 Å². The normalized spacial score (nSPS) is 15.2. The lowest BCUT2D eigenvalue weighted by atomic mass is 10.1. The molecule has 7 heteroatoms. The first kappa shape index (κ1) is 27.0. The fraction of sp³-hybridized carbons (Fsp3) is 0.520. The Bertz CT molecular complexity index is 813. The number of benzene rings is 2. The average molecular weight is 498 g/mol. The van der Waals surface area contributed by atoms with Crippen LogP contribution < -0.4 is 14.2 Å². The second kappa shape index (κ2) is 13.5. The summed E-state index contributed by atoms with van der Waals surface area (Å²) in [6.45, 7) is 2.14. The van der Waals surface area contributed by atoms with Crippen LogP contribution in [0, 0.1) is 0 Å². The molecule has 1 aliphatic heterocycles. The number of thioether (sulfide) groups is 2. The van der Waals surface area contributed by atoms with Crippen LogP contribution in [0.15, 0.2) is 42.5 Å². The summed E-state index contributed by atoms with van der Waals surface area (Å²) in [5.74, 6) is 5.00. The van der Waals surface area contributed by atoms with Crippen LogP contribution in [0.3, 0.4) is 0 Å². The molecule has 4 nitrogen and oxygen atoms in total. The molecule has 1 aliphatic rings. The lowest BCUT2D eigenvalue weighted by molar-refractivity contribution is 0.327. The molecule has 0 saturated carbocycles. The van der Waals surface area contributed by atoms with Crippen molar-refractivity contribution in [3.63, 3.8) is 0 Å². The highest BCUT2D eigenvalue weighted by atomic mass is 35.5. The van der Waals surface area contributed by atoms with Crippen LogP contribution in [0.1, 0.15) is 30.4 Å². The van der Waals surface area contributed by atoms with Gasteiger partial charge in [0.05, 0.1) is 25.4 Å². The van der Waals surface area contributed by atoms with Crippen LogP contribution in [-0.4, -0.2) is 57.9 Å². The summed E-state index contributed by atoms with van der Waals surface area (Å²) in [7, 11) is 7.31. The Kier molecular flexibility index (Phi) is 11.4. The van der Waals surface area contributed by atoms with E-state index in [1.165, 1.54) is 41.9 Å². The average Bonchev–Trinajstić information content (AvgIpc) is 2.83. The molecule has 0 spiro atoms. The fourth-order valence-electron chi connectivity index (χ4n) is 3.92. The van der Waals surface area contributed by atoms with Crippen LogP contribution in [0.2, 0.25) is 0 Å². The van der Waals surface area contributed by atoms with Gasteiger partial charge in [-0.15, -0.1) is 35.9 Å². The van der Waals surface area contributed by atoms with E-state index in [1.54, 1.807) is 21.3 Å². The van der Waals surface area contributed by atoms with E-state index in [4.69, 9.17) is 14.2 Å². The monoisotopic (exact) mass is 497 g/mol. The maximum atomic E-state index is 5.43. The lowest BCUT2D eigenvalue weighted by Gasteiger charge is -2.37. The van der Waals surface area contributed by atoms with Crippen LogP contribution in [0.25, 0.3) is 0 Å². The first-order chi connectivity index (χ1) is 15.1. The minimum absolute atomic E-state index is 0. The molecule has 0 aliphatic carbocycles. The van der Waals surface area contributed by atoms with Gasteiger partial charge in [0.2, 0.25) is 0 Å². The molecule has 0 aromatic heterocycles. The zero-order valence-corrected chi connectivity index (χ0v) is 22.0. The molecule has 1 heterocycles. The third kappa shape index (κ3) is 7.14. The van der Waals surface area contributed by atoms with Crippen molar-refractivity contribution in [1.82, 2.24) is 4.90 Å². The molecule has 3 rings (SSSR count). The summed E-state index contributed by atoms with van der Waals surface area (Å²) in [4.78, 5) is 2.44. The Morgan fingerprint density at radius 3 is 2.19 bits per heavy atom. The highest BCUT2D eigenvalue weighted by molar-refractivity contribution is 8.18. The first-order valence-corrected chi connectivity index (χ1v) is 12.9. The van der Waals surface area contributed by atoms with E-state index in [-0.39, 0.29) is 16.5 Å². The van der Waals surface area contributed by atoms with E-state index in [1.807, 2.05) is 6.07 Å². The van der Waals surface area contributed by atoms with Gasteiger partial charge in [0.1, 0.15) is 5.75 Å². The van der Waals surface area contributed by atoms with Gasteiger partial charge in [-0.1, -0.05) is 18.2 Å². The Morgan fingerprint density at radius 1 is 0.875 bits per heavy atom. The molecule has 2 aromatic carbocycles. The molecular weight excluding hydrogens is 462 g/mol. The molecule has 0 radical (unpaired) electrons. The number of nitrogens with zero attached hydrogens (tertiary/aromatic N) is 1. The molecule has 32 heavy (non-hydrogen) atoms. The standard InChI is InChI=1S/C25H35NO3S2.ClH/c1-26(16-13-20-7-12-23(28-3)24(19-20)29-4)15-5-14-25(30-17-6-18-31-25)21-8-10-22(27-2)11-9-21;/h7-12,19H,5-6,13-18H2,1-4H3;1H. The quantitative estimate of drug-likeness (QED) is 0.372. The van der Waals surface area contributed by atoms with Crippen molar-refractivity contribution in [1.29, 1.82) is 0 Å². The number of rotatable bonds is 11. The van der Waals surface area contributed by atoms with E-state index in [0.717, 1.165) is 36.8 Å². The Hall–Kier alpha value is -1.21. The maximum Gasteiger partial charge on any atom is 0.160 e. The highest BCUT2D eigenvalue weighted by Gasteiger charge is 2.35. The van der Waals surface area contributed by atoms with Crippen LogP contribution in [-0.2, 0) is 10.5 Å². The Balaban J connectivity index is 0.00000363. The summed E-state index contributed by atoms with van der Waals surface area (Å²) in [5.41, 5.74) is 2.70. The van der Waals surface area contributed by atoms with E-state index < -0.39 is 0 Å². The van der Waals surface area contributed by atoms with E-state index in [9.17, 15) is 0 Å². The summed E-state index contributed by atoms with van der Waals surface area (Å²) in [5, 5.41) is 0. The van der Waals surface area contributed by atoms with Gasteiger partial charge >= 0.3 is 0 Å². The summed E-state index contributed by atoms with van der Waals surface area (Å²) >= 11 is 4.25. The van der Waals surface area contributed by atoms with Crippen molar-refractivity contribution in [2.75, 3.05) is 53.0 Å². The number of ether oxygens (including phenoxy) is 3. The van der Waals surface area contributed by atoms with Crippen molar-refractivity contribution in [3.05, 3.63) is 53.6 Å². The van der Waals surface area contributed by atoms with Crippen LogP contribution in [0.5, 0.6) is 17.2 Å². The molecule has 0 bridgehead atoms. The van der Waals surface area contributed by atoms with Gasteiger partial charge in [0, 0.05) is 6.54 Å². The molecule has 1 saturated heterocycles. The lowest BCUT2D eigenvalue weighted by Crippen LogP contribution is -2.27. The molecule has 0 amide bonds. The Labute approximate surface area is 208 Å². The van der Waals surface area contributed by atoms with Crippen molar-refractivity contribution in [2.45, 2.75) is 29.8 Å². The molecule has 0 atom stereocenters. The van der Waals surface area contributed by atoms with Crippen LogP contribution in [0.4, 0.5) is 0 Å². The number of halogens is 1. The van der Waals surface area contributed by atoms with Gasteiger partial charge in [0.25, 0.3) is 0 Å². The summed E-state index contributed by atoms with van der Waals surface area (Å²) in [6.07, 6.45) is 4.69. The minimum atomic E-state index is 0. The number of hydrogen-bond acceptors (Lipinski definition) is 6. The number of hydrogen-bond donors (Lipinski definition) is 0. The van der Waals surface area contributed by atoms with E-state index >= 15 is 0 Å². The number of likely N-dealkylation sites (N-methyl/N-ethyl adjacent to an activating group) is 1. The molecule has 1 fully saturated rings. The number of methoxy groups -OCH3 is 3. The fourth-order valence-corrected chi connectivity index (χ4v) is 7.36. The van der Waals surface area contributed by atoms with Crippen molar-refractivity contribution in [2.24, 2.45) is 0 Å². The van der Waals surface area contributed by atoms with Crippen molar-refractivity contribution >= 4 is 35.9 Å². The molecule has 0 N–H and O–H groups in total. The van der Waals surface area contributed by atoms with E-state index in [0.29, 0.717) is 0 Å². The predicted molar refractivity (Wildman–Crippen MR) is 141 cm³/mol. The predicted octanol–water partition coefficient (Wildman–Crippen LogP) is 6.11. The van der Waals surface area contributed by atoms with Gasteiger partial charge < -0.3 is 19.1 Å². The Morgan fingerprint density at radius 2 is 1.56 bits per heavy atom. The van der Waals surface area contributed by atoms with Crippen molar-refractivity contribution in [3.8, 4) is 17.2 Å². The summed E-state index contributed by atoms with van der Waals surface area (Å²) < 4.78 is 16.3. The maximum absolute atomic E-state index is 5.43. The van der Waals surface area contributed by atoms with Gasteiger partial charge in [-0.25, -0.2) is 0 Å². The molecule has 2 aromatic rings. The highest BCUT2D eigenvalue weighted by Crippen LogP contribution is 2.53. The SMILES string of the molecule is COc1ccc(C2(CCCN(C)CCc3ccc(OC)c(OC)c3)SCCCS2)cc1.Cl. The topological polar surface area (TPSA) is 30.9 Å². The zero-order chi connectivity index (χ0) is 22.1. The molecule has 178 valence electrons. The van der Waals surface area contributed by atoms with Crippen LogP contribution >= 0.6 is 35.9 Å². The second-order valence-corrected chi connectivity index (χ2v) is 10.9. The second-order valence-electron chi connectivity index (χ2n) is 7.88. The smallest absolute Gasteiger partial charge is 0.160 e. The summed E-state index contributed by atoms with van der Waals surface area (Å²) in [6, 6.07) is 14.9. The van der Waals surface area contributed by atoms with Crippen molar-refractivity contribution < 1.29 is 14.2 Å². The van der Waals surface area contributed by atoms with E-state index in [2.05, 4.69) is 71.9 Å². The third-order valence-electron chi connectivity index (χ3n) is 5.76.